The van der Waals surface area contributed by atoms with E-state index in [1.54, 1.807) is 32.0 Å². The van der Waals surface area contributed by atoms with Gasteiger partial charge in [0.05, 0.1) is 36.9 Å². The second kappa shape index (κ2) is 22.8. The molecule has 3 N–H and O–H groups in total. The Labute approximate surface area is 343 Å². The maximum atomic E-state index is 13.9. The lowest BCUT2D eigenvalue weighted by Gasteiger charge is -2.47. The third-order valence-electron chi connectivity index (χ3n) is 12.6. The molecule has 0 spiro atoms. The minimum absolute atomic E-state index is 0.00559. The van der Waals surface area contributed by atoms with Gasteiger partial charge in [0.25, 0.3) is 0 Å². The van der Waals surface area contributed by atoms with E-state index in [9.17, 15) is 24.9 Å². The Morgan fingerprint density at radius 3 is 2.28 bits per heavy atom. The summed E-state index contributed by atoms with van der Waals surface area (Å²) in [4.78, 5) is 34.4. The molecule has 11 nitrogen and oxygen atoms in total. The molecule has 57 heavy (non-hydrogen) atoms. The van der Waals surface area contributed by atoms with E-state index in [4.69, 9.17) is 14.2 Å². The number of esters is 1. The van der Waals surface area contributed by atoms with Crippen LogP contribution >= 0.6 is 0 Å². The molecule has 0 aliphatic carbocycles. The summed E-state index contributed by atoms with van der Waals surface area (Å²) in [6.07, 6.45) is 4.55. The minimum atomic E-state index is -1.19. The van der Waals surface area contributed by atoms with E-state index in [0.29, 0.717) is 25.8 Å². The average molecular weight is 798 g/mol. The summed E-state index contributed by atoms with van der Waals surface area (Å²) in [6, 6.07) is 9.90. The molecule has 0 amide bonds. The van der Waals surface area contributed by atoms with Crippen LogP contribution in [0.15, 0.2) is 54.1 Å². The van der Waals surface area contributed by atoms with E-state index >= 15 is 0 Å². The Balaban J connectivity index is 1.70. The van der Waals surface area contributed by atoms with Gasteiger partial charge in [0.2, 0.25) is 0 Å². The summed E-state index contributed by atoms with van der Waals surface area (Å²) in [5, 5.41) is 34.5. The fraction of sp³-hybridized carbons (Fsp3) is 0.739. The predicted octanol–water partition coefficient (Wildman–Crippen LogP) is 5.61. The lowest BCUT2D eigenvalue weighted by atomic mass is 9.79. The number of likely N-dealkylation sites (tertiary alicyclic amines) is 1. The molecule has 3 aliphatic heterocycles. The molecule has 3 aliphatic rings. The first-order valence-electron chi connectivity index (χ1n) is 21.7. The van der Waals surface area contributed by atoms with Gasteiger partial charge in [0.15, 0.2) is 12.1 Å². The number of rotatable bonds is 12. The van der Waals surface area contributed by atoms with Crippen LogP contribution in [0.5, 0.6) is 0 Å². The second-order valence-electron chi connectivity index (χ2n) is 17.7. The van der Waals surface area contributed by atoms with E-state index in [1.165, 1.54) is 12.0 Å². The van der Waals surface area contributed by atoms with Gasteiger partial charge in [-0.05, 0) is 111 Å². The van der Waals surface area contributed by atoms with E-state index in [2.05, 4.69) is 41.9 Å². The van der Waals surface area contributed by atoms with Crippen molar-refractivity contribution in [1.29, 1.82) is 0 Å². The van der Waals surface area contributed by atoms with Gasteiger partial charge in [0.1, 0.15) is 12.2 Å². The van der Waals surface area contributed by atoms with Crippen molar-refractivity contribution in [3.8, 4) is 0 Å². The number of likely N-dealkylation sites (N-methyl/N-ethyl adjacent to an activating group) is 1. The number of nitrogens with zero attached hydrogens (tertiary/aromatic N) is 3. The highest BCUT2D eigenvalue weighted by atomic mass is 16.7. The Morgan fingerprint density at radius 2 is 1.65 bits per heavy atom. The normalized spacial score (nSPS) is 35.9. The number of aliphatic hydroxyl groups excluding tert-OH is 3. The van der Waals surface area contributed by atoms with Gasteiger partial charge in [0, 0.05) is 36.9 Å². The molecule has 11 heteroatoms. The van der Waals surface area contributed by atoms with Crippen molar-refractivity contribution in [2.75, 3.05) is 40.3 Å². The van der Waals surface area contributed by atoms with E-state index in [0.717, 1.165) is 44.6 Å². The van der Waals surface area contributed by atoms with Crippen LogP contribution < -0.4 is 0 Å². The first-order valence-corrected chi connectivity index (χ1v) is 21.7. The third-order valence-corrected chi connectivity index (χ3v) is 12.6. The summed E-state index contributed by atoms with van der Waals surface area (Å²) in [6.45, 7) is 18.1. The first kappa shape index (κ1) is 47.2. The van der Waals surface area contributed by atoms with Crippen LogP contribution in [0.1, 0.15) is 99.0 Å². The average Bonchev–Trinajstić information content (AvgIpc) is 3.17. The Morgan fingerprint density at radius 1 is 0.965 bits per heavy atom. The zero-order valence-corrected chi connectivity index (χ0v) is 36.3. The molecule has 12 atom stereocenters. The lowest BCUT2D eigenvalue weighted by molar-refractivity contribution is -0.304. The maximum Gasteiger partial charge on any atom is 0.308 e. The molecule has 0 saturated carbocycles. The number of hydrogen-bond acceptors (Lipinski definition) is 11. The number of hydrogen-bond donors (Lipinski definition) is 3. The van der Waals surface area contributed by atoms with Gasteiger partial charge in [-0.3, -0.25) is 14.5 Å². The molecule has 2 fully saturated rings. The molecule has 1 aromatic rings. The van der Waals surface area contributed by atoms with Crippen molar-refractivity contribution in [2.24, 2.45) is 23.7 Å². The molecule has 3 heterocycles. The summed E-state index contributed by atoms with van der Waals surface area (Å²) < 4.78 is 19.2. The first-order chi connectivity index (χ1) is 27.1. The van der Waals surface area contributed by atoms with Crippen LogP contribution in [-0.2, 0) is 30.3 Å². The van der Waals surface area contributed by atoms with Crippen molar-refractivity contribution < 1.29 is 39.1 Å². The molecule has 0 unspecified atom stereocenters. The highest BCUT2D eigenvalue weighted by molar-refractivity contribution is 5.91. The van der Waals surface area contributed by atoms with Crippen molar-refractivity contribution in [2.45, 2.75) is 155 Å². The largest absolute Gasteiger partial charge is 0.462 e. The molecule has 2 saturated heterocycles. The van der Waals surface area contributed by atoms with Crippen molar-refractivity contribution in [3.05, 3.63) is 59.7 Å². The second-order valence-corrected chi connectivity index (χ2v) is 17.7. The van der Waals surface area contributed by atoms with Crippen molar-refractivity contribution in [1.82, 2.24) is 14.7 Å². The Hall–Kier alpha value is -2.48. The molecular weight excluding hydrogens is 723 g/mol. The van der Waals surface area contributed by atoms with Crippen LogP contribution in [0.3, 0.4) is 0 Å². The van der Waals surface area contributed by atoms with Gasteiger partial charge in [-0.1, -0.05) is 75.2 Å². The maximum absolute atomic E-state index is 13.9. The Bertz CT molecular complexity index is 1430. The van der Waals surface area contributed by atoms with Crippen LogP contribution in [0, 0.1) is 23.7 Å². The highest BCUT2D eigenvalue weighted by Crippen LogP contribution is 2.35. The topological polar surface area (TPSA) is 132 Å². The SMILES string of the molecule is CC[C@H]1OC(=O)C[C@@H](O)[C@H](C)[C@@H](O[C@@H]2O[C@H](C)[C@@H](O)[C@H](N(C)C)[C@H]2O)[C@@H](CCN2CCCCC2)C[C@@H](C)C(=O)/C=C/C(C)=C/[C@@H]1CN(Cc1ccccc1)C(C)C. The van der Waals surface area contributed by atoms with Gasteiger partial charge in [-0.25, -0.2) is 0 Å². The molecule has 0 bridgehead atoms. The van der Waals surface area contributed by atoms with E-state index in [-0.39, 0.29) is 36.0 Å². The predicted molar refractivity (Wildman–Crippen MR) is 224 cm³/mol. The molecule has 4 rings (SSSR count). The monoisotopic (exact) mass is 798 g/mol. The third kappa shape index (κ3) is 13.8. The van der Waals surface area contributed by atoms with Crippen LogP contribution in [0.25, 0.3) is 0 Å². The molecule has 1 aromatic carbocycles. The van der Waals surface area contributed by atoms with Gasteiger partial charge in [-0.2, -0.15) is 0 Å². The fourth-order valence-corrected chi connectivity index (χ4v) is 8.94. The molecule has 0 radical (unpaired) electrons. The number of cyclic esters (lactones) is 1. The highest BCUT2D eigenvalue weighted by Gasteiger charge is 2.47. The van der Waals surface area contributed by atoms with E-state index < -0.39 is 60.8 Å². The number of ketones is 1. The molecule has 322 valence electrons. The van der Waals surface area contributed by atoms with Gasteiger partial charge in [-0.15, -0.1) is 0 Å². The number of benzene rings is 1. The number of carbonyl (C=O) groups is 2. The molecular formula is C46H75N3O8. The minimum Gasteiger partial charge on any atom is -0.462 e. The van der Waals surface area contributed by atoms with Gasteiger partial charge >= 0.3 is 5.97 Å². The van der Waals surface area contributed by atoms with Crippen molar-refractivity contribution >= 4 is 11.8 Å². The summed E-state index contributed by atoms with van der Waals surface area (Å²) in [5.41, 5.74) is 2.11. The quantitative estimate of drug-likeness (QED) is 0.228. The number of allylic oxidation sites excluding steroid dienone is 3. The standard InChI is InChI=1S/C46H75N3O8/c1-10-40-37(29-49(30(2)3)28-35-17-13-11-14-18-35)25-31(4)19-20-38(50)32(5)26-36(21-24-48-22-15-12-16-23-48)45(33(6)39(51)27-41(52)56-40)57-46-44(54)42(47(8)9)43(53)34(7)55-46/h11,13-14,17-20,25,30,32-34,36-37,39-40,42-46,51,53-54H,10,12,15-16,21-24,26-29H2,1-9H3/b20-19+,31-25+/t32-,33+,34-,36+,37-,39-,40-,42+,43-,44-,45-,46+/m1/s1. The van der Waals surface area contributed by atoms with E-state index in [1.807, 2.05) is 52.0 Å². The molecule has 0 aromatic heterocycles. The van der Waals surface area contributed by atoms with Gasteiger partial charge < -0.3 is 39.3 Å². The fourth-order valence-electron chi connectivity index (χ4n) is 8.94. The zero-order valence-electron chi connectivity index (χ0n) is 36.3. The lowest BCUT2D eigenvalue weighted by Crippen LogP contribution is -2.63. The summed E-state index contributed by atoms with van der Waals surface area (Å²) in [5.74, 6) is -1.82. The van der Waals surface area contributed by atoms with Crippen LogP contribution in [-0.4, -0.2) is 137 Å². The smallest absolute Gasteiger partial charge is 0.308 e. The number of ether oxygens (including phenoxy) is 3. The number of piperidine rings is 1. The Kier molecular flexibility index (Phi) is 18.9. The van der Waals surface area contributed by atoms with Crippen molar-refractivity contribution in [3.63, 3.8) is 0 Å². The zero-order chi connectivity index (χ0) is 41.8. The van der Waals surface area contributed by atoms with Crippen LogP contribution in [0.4, 0.5) is 0 Å². The van der Waals surface area contributed by atoms with Crippen LogP contribution in [0.2, 0.25) is 0 Å². The number of carbonyl (C=O) groups excluding carboxylic acids is 2. The summed E-state index contributed by atoms with van der Waals surface area (Å²) >= 11 is 0. The summed E-state index contributed by atoms with van der Waals surface area (Å²) in [7, 11) is 3.60. The number of aliphatic hydroxyl groups is 3.